The van der Waals surface area contributed by atoms with Crippen molar-refractivity contribution in [3.8, 4) is 0 Å². The van der Waals surface area contributed by atoms with E-state index in [2.05, 4.69) is 0 Å². The molecule has 0 atom stereocenters. The molecule has 96 valence electrons. The fourth-order valence-electron chi connectivity index (χ4n) is 1.54. The van der Waals surface area contributed by atoms with Gasteiger partial charge in [-0.15, -0.1) is 0 Å². The minimum atomic E-state index is -0.579. The summed E-state index contributed by atoms with van der Waals surface area (Å²) < 4.78 is 32.8. The van der Waals surface area contributed by atoms with Gasteiger partial charge in [0.2, 0.25) is 0 Å². The van der Waals surface area contributed by atoms with E-state index in [4.69, 9.17) is 27.9 Å². The van der Waals surface area contributed by atoms with E-state index >= 15 is 0 Å². The standard InChI is InChI=1S/C9H18B2O6/c1-4-12-10-14-6-2-7-15-11(13-5-1)17-9-3-8-16-10/h1-9H2. The van der Waals surface area contributed by atoms with E-state index in [9.17, 15) is 0 Å². The fourth-order valence-corrected chi connectivity index (χ4v) is 1.54. The minimum absolute atomic E-state index is 0.539. The summed E-state index contributed by atoms with van der Waals surface area (Å²) in [6, 6.07) is 0. The molecule has 0 saturated carbocycles. The zero-order valence-electron chi connectivity index (χ0n) is 9.97. The van der Waals surface area contributed by atoms with Crippen molar-refractivity contribution in [1.29, 1.82) is 0 Å². The molecule has 0 aliphatic carbocycles. The van der Waals surface area contributed by atoms with Crippen LogP contribution < -0.4 is 0 Å². The first-order valence-electron chi connectivity index (χ1n) is 6.15. The molecule has 0 aromatic heterocycles. The van der Waals surface area contributed by atoms with E-state index < -0.39 is 14.6 Å². The molecule has 0 unspecified atom stereocenters. The Balaban J connectivity index is 1.90. The SMILES string of the molecule is C1COB2OCCCOB(OC1)OCCCO2. The van der Waals surface area contributed by atoms with Gasteiger partial charge in [-0.05, 0) is 19.3 Å². The van der Waals surface area contributed by atoms with Gasteiger partial charge in [0, 0.05) is 39.6 Å². The molecule has 0 N–H and O–H groups in total. The third-order valence-electron chi connectivity index (χ3n) is 2.39. The monoisotopic (exact) mass is 244 g/mol. The van der Waals surface area contributed by atoms with E-state index in [0.717, 1.165) is 19.3 Å². The van der Waals surface area contributed by atoms with Gasteiger partial charge in [-0.2, -0.15) is 0 Å². The van der Waals surface area contributed by atoms with Gasteiger partial charge in [-0.3, -0.25) is 0 Å². The molecule has 3 rings (SSSR count). The molecule has 0 spiro atoms. The first kappa shape index (κ1) is 13.3. The Kier molecular flexibility index (Phi) is 6.33. The molecule has 0 amide bonds. The van der Waals surface area contributed by atoms with Gasteiger partial charge in [0.1, 0.15) is 0 Å². The second kappa shape index (κ2) is 8.07. The maximum Gasteiger partial charge on any atom is 0.639 e. The Labute approximate surface area is 102 Å². The van der Waals surface area contributed by atoms with Gasteiger partial charge in [0.05, 0.1) is 0 Å². The Morgan fingerprint density at radius 3 is 0.882 bits per heavy atom. The third-order valence-corrected chi connectivity index (χ3v) is 2.39. The van der Waals surface area contributed by atoms with Gasteiger partial charge in [-0.1, -0.05) is 0 Å². The predicted molar refractivity (Wildman–Crippen MR) is 61.1 cm³/mol. The van der Waals surface area contributed by atoms with E-state index in [-0.39, 0.29) is 0 Å². The van der Waals surface area contributed by atoms with E-state index in [1.165, 1.54) is 0 Å². The highest BCUT2D eigenvalue weighted by atomic mass is 16.7. The molecule has 3 saturated heterocycles. The van der Waals surface area contributed by atoms with Crippen molar-refractivity contribution in [2.45, 2.75) is 19.3 Å². The van der Waals surface area contributed by atoms with Gasteiger partial charge in [0.25, 0.3) is 0 Å². The average Bonchev–Trinajstić information content (AvgIpc) is 2.29. The van der Waals surface area contributed by atoms with Crippen LogP contribution in [-0.2, 0) is 27.9 Å². The Hall–Kier alpha value is -0.110. The fraction of sp³-hybridized carbons (Fsp3) is 1.00. The van der Waals surface area contributed by atoms with Crippen LogP contribution in [-0.4, -0.2) is 54.3 Å². The van der Waals surface area contributed by atoms with Crippen molar-refractivity contribution in [2.24, 2.45) is 0 Å². The van der Waals surface area contributed by atoms with Gasteiger partial charge >= 0.3 is 14.6 Å². The van der Waals surface area contributed by atoms with Crippen molar-refractivity contribution in [3.63, 3.8) is 0 Å². The second-order valence-corrected chi connectivity index (χ2v) is 3.86. The number of hydrogen-bond acceptors (Lipinski definition) is 6. The number of fused-ring (bicyclic) bond motifs is 12. The first-order valence-corrected chi connectivity index (χ1v) is 6.15. The lowest BCUT2D eigenvalue weighted by Gasteiger charge is -2.20. The van der Waals surface area contributed by atoms with Crippen molar-refractivity contribution in [3.05, 3.63) is 0 Å². The molecular formula is C9H18B2O6. The molecule has 3 fully saturated rings. The highest BCUT2D eigenvalue weighted by Crippen LogP contribution is 2.04. The summed E-state index contributed by atoms with van der Waals surface area (Å²) in [6.45, 7) is 3.23. The molecule has 2 bridgehead atoms. The lowest BCUT2D eigenvalue weighted by molar-refractivity contribution is 0.0377. The molecule has 3 aliphatic heterocycles. The zero-order valence-corrected chi connectivity index (χ0v) is 9.97. The summed E-state index contributed by atoms with van der Waals surface area (Å²) in [7, 11) is -1.16. The van der Waals surface area contributed by atoms with Crippen LogP contribution in [0.4, 0.5) is 0 Å². The lowest BCUT2D eigenvalue weighted by Crippen LogP contribution is -2.34. The Morgan fingerprint density at radius 2 is 0.647 bits per heavy atom. The summed E-state index contributed by atoms with van der Waals surface area (Å²) in [6.07, 6.45) is 2.27. The summed E-state index contributed by atoms with van der Waals surface area (Å²) in [4.78, 5) is 0. The van der Waals surface area contributed by atoms with Gasteiger partial charge in [0.15, 0.2) is 0 Å². The van der Waals surface area contributed by atoms with E-state index in [1.807, 2.05) is 0 Å². The lowest BCUT2D eigenvalue weighted by atomic mass is 10.2. The summed E-state index contributed by atoms with van der Waals surface area (Å²) in [5.74, 6) is 0. The van der Waals surface area contributed by atoms with Crippen molar-refractivity contribution >= 4 is 14.6 Å². The topological polar surface area (TPSA) is 55.4 Å². The van der Waals surface area contributed by atoms with Crippen LogP contribution in [0, 0.1) is 0 Å². The highest BCUT2D eigenvalue weighted by molar-refractivity contribution is 6.36. The van der Waals surface area contributed by atoms with Crippen LogP contribution in [0.2, 0.25) is 0 Å². The summed E-state index contributed by atoms with van der Waals surface area (Å²) in [5, 5.41) is 0. The molecule has 0 aromatic rings. The molecule has 3 heterocycles. The molecule has 0 aromatic carbocycles. The smallest absolute Gasteiger partial charge is 0.386 e. The Bertz CT molecular complexity index is 157. The van der Waals surface area contributed by atoms with Crippen LogP contribution in [0.1, 0.15) is 19.3 Å². The molecular weight excluding hydrogens is 226 g/mol. The average molecular weight is 244 g/mol. The van der Waals surface area contributed by atoms with Crippen molar-refractivity contribution in [2.75, 3.05) is 39.6 Å². The van der Waals surface area contributed by atoms with Crippen LogP contribution in [0.5, 0.6) is 0 Å². The van der Waals surface area contributed by atoms with Crippen molar-refractivity contribution < 1.29 is 27.9 Å². The molecule has 17 heavy (non-hydrogen) atoms. The van der Waals surface area contributed by atoms with Crippen LogP contribution in [0.3, 0.4) is 0 Å². The highest BCUT2D eigenvalue weighted by Gasteiger charge is 2.25. The first-order chi connectivity index (χ1) is 8.45. The molecule has 6 nitrogen and oxygen atoms in total. The minimum Gasteiger partial charge on any atom is -0.386 e. The summed E-state index contributed by atoms with van der Waals surface area (Å²) >= 11 is 0. The molecule has 3 aliphatic rings. The second-order valence-electron chi connectivity index (χ2n) is 3.86. The van der Waals surface area contributed by atoms with Crippen molar-refractivity contribution in [1.82, 2.24) is 0 Å². The van der Waals surface area contributed by atoms with Gasteiger partial charge in [-0.25, -0.2) is 0 Å². The van der Waals surface area contributed by atoms with Gasteiger partial charge < -0.3 is 27.9 Å². The number of rotatable bonds is 0. The largest absolute Gasteiger partial charge is 0.639 e. The zero-order chi connectivity index (χ0) is 11.8. The predicted octanol–water partition coefficient (Wildman–Crippen LogP) is 0.253. The quantitative estimate of drug-likeness (QED) is 0.569. The maximum atomic E-state index is 5.47. The normalized spacial score (nSPS) is 25.4. The van der Waals surface area contributed by atoms with E-state index in [1.54, 1.807) is 0 Å². The summed E-state index contributed by atoms with van der Waals surface area (Å²) in [5.41, 5.74) is 0. The third kappa shape index (κ3) is 5.37. The van der Waals surface area contributed by atoms with Crippen LogP contribution >= 0.6 is 0 Å². The number of hydrogen-bond donors (Lipinski definition) is 0. The van der Waals surface area contributed by atoms with Crippen LogP contribution in [0.15, 0.2) is 0 Å². The van der Waals surface area contributed by atoms with Crippen LogP contribution in [0.25, 0.3) is 0 Å². The maximum absolute atomic E-state index is 5.47. The molecule has 0 radical (unpaired) electrons. The van der Waals surface area contributed by atoms with E-state index in [0.29, 0.717) is 39.6 Å². The molecule has 8 heteroatoms. The Morgan fingerprint density at radius 1 is 0.412 bits per heavy atom.